The Hall–Kier alpha value is -2.54. The van der Waals surface area contributed by atoms with Crippen molar-refractivity contribution in [3.05, 3.63) is 38.7 Å². The first-order valence-corrected chi connectivity index (χ1v) is 7.03. The van der Waals surface area contributed by atoms with Crippen molar-refractivity contribution in [3.8, 4) is 5.75 Å². The number of phenolic OH excluding ortho intramolecular Hbond substituents is 1. The van der Waals surface area contributed by atoms with Crippen molar-refractivity contribution in [3.63, 3.8) is 0 Å². The van der Waals surface area contributed by atoms with Crippen molar-refractivity contribution >= 4 is 34.4 Å². The number of hydrogen-bond acceptors (Lipinski definition) is 6. The lowest BCUT2D eigenvalue weighted by Gasteiger charge is -2.15. The second kappa shape index (κ2) is 6.29. The van der Waals surface area contributed by atoms with Crippen LogP contribution >= 0.6 is 11.6 Å². The van der Waals surface area contributed by atoms with Crippen LogP contribution in [0.1, 0.15) is 18.1 Å². The number of aryl methyl sites for hydroxylation is 1. The Kier molecular flexibility index (Phi) is 4.60. The molecule has 0 saturated heterocycles. The highest BCUT2D eigenvalue weighted by Crippen LogP contribution is 2.30. The van der Waals surface area contributed by atoms with E-state index in [-0.39, 0.29) is 28.3 Å². The molecule has 0 aliphatic rings. The first kappa shape index (κ1) is 16.8. The monoisotopic (exact) mass is 338 g/mol. The first-order chi connectivity index (χ1) is 10.7. The number of halogens is 1. The smallest absolute Gasteiger partial charge is 0.340 e. The summed E-state index contributed by atoms with van der Waals surface area (Å²) >= 11 is 5.84. The highest BCUT2D eigenvalue weighted by molar-refractivity contribution is 6.32. The molecule has 0 spiro atoms. The van der Waals surface area contributed by atoms with E-state index in [1.54, 1.807) is 6.92 Å². The highest BCUT2D eigenvalue weighted by Gasteiger charge is 2.17. The topological polar surface area (TPSA) is 120 Å². The Labute approximate surface area is 135 Å². The van der Waals surface area contributed by atoms with Gasteiger partial charge < -0.3 is 24.7 Å². The summed E-state index contributed by atoms with van der Waals surface area (Å²) in [6.45, 7) is 2.86. The summed E-state index contributed by atoms with van der Waals surface area (Å²) in [5.41, 5.74) is -0.0497. The molecule has 0 aliphatic heterocycles. The molecule has 8 heteroatoms. The Balaban J connectivity index is 2.42. The molecule has 2 N–H and O–H groups in total. The molecule has 0 radical (unpaired) electrons. The van der Waals surface area contributed by atoms with Crippen molar-refractivity contribution in [2.45, 2.75) is 26.3 Å². The summed E-state index contributed by atoms with van der Waals surface area (Å²) in [6, 6.07) is 1.46. The Morgan fingerprint density at radius 2 is 2.09 bits per heavy atom. The molecular weight excluding hydrogens is 326 g/mol. The van der Waals surface area contributed by atoms with E-state index in [4.69, 9.17) is 16.0 Å². The van der Waals surface area contributed by atoms with Gasteiger partial charge in [-0.05, 0) is 25.5 Å². The van der Waals surface area contributed by atoms with Gasteiger partial charge in [0.15, 0.2) is 0 Å². The van der Waals surface area contributed by atoms with E-state index in [9.17, 15) is 24.6 Å². The molecule has 1 heterocycles. The van der Waals surface area contributed by atoms with Gasteiger partial charge in [0.2, 0.25) is 5.91 Å². The van der Waals surface area contributed by atoms with Crippen LogP contribution in [-0.2, 0) is 16.0 Å². The minimum absolute atomic E-state index is 0.0791. The third kappa shape index (κ3) is 3.45. The normalized spacial score (nSPS) is 12.1. The highest BCUT2D eigenvalue weighted by atomic mass is 35.5. The van der Waals surface area contributed by atoms with Gasteiger partial charge in [0, 0.05) is 11.5 Å². The van der Waals surface area contributed by atoms with Crippen LogP contribution in [0.5, 0.6) is 5.75 Å². The fourth-order valence-electron chi connectivity index (χ4n) is 2.11. The van der Waals surface area contributed by atoms with Gasteiger partial charge in [-0.3, -0.25) is 4.79 Å². The van der Waals surface area contributed by atoms with Crippen molar-refractivity contribution in [2.24, 2.45) is 0 Å². The van der Waals surface area contributed by atoms with E-state index in [1.165, 1.54) is 19.1 Å². The number of amides is 1. The van der Waals surface area contributed by atoms with Gasteiger partial charge in [-0.15, -0.1) is 0 Å². The summed E-state index contributed by atoms with van der Waals surface area (Å²) in [7, 11) is 0. The fraction of sp³-hybridized carbons (Fsp3) is 0.267. The standard InChI is InChI=1S/C15H14ClNO6/c1-6-8-3-10(16)11(18)5-12(8)23-15(22)9(6)4-13(19)17-7(2)14(20)21/h3,5,7,18H,4H2,1-2H3,(H,17,19)(H,20,21)/p-1/t7-/m0/s1. The van der Waals surface area contributed by atoms with Crippen LogP contribution in [0.4, 0.5) is 0 Å². The second-order valence-electron chi connectivity index (χ2n) is 5.08. The summed E-state index contributed by atoms with van der Waals surface area (Å²) < 4.78 is 5.08. The number of nitrogens with one attached hydrogen (secondary N) is 1. The molecule has 0 unspecified atom stereocenters. The van der Waals surface area contributed by atoms with Crippen LogP contribution < -0.4 is 16.0 Å². The molecule has 122 valence electrons. The molecule has 2 rings (SSSR count). The van der Waals surface area contributed by atoms with Gasteiger partial charge >= 0.3 is 5.63 Å². The molecule has 0 saturated carbocycles. The number of hydrogen-bond donors (Lipinski definition) is 2. The van der Waals surface area contributed by atoms with E-state index in [1.807, 2.05) is 0 Å². The number of aromatic hydroxyl groups is 1. The molecule has 0 aliphatic carbocycles. The molecule has 7 nitrogen and oxygen atoms in total. The maximum atomic E-state index is 12.0. The number of carbonyl (C=O) groups excluding carboxylic acids is 2. The number of fused-ring (bicyclic) bond motifs is 1. The molecule has 1 amide bonds. The summed E-state index contributed by atoms with van der Waals surface area (Å²) in [5.74, 6) is -2.31. The number of carbonyl (C=O) groups is 2. The number of carboxylic acids is 1. The number of aliphatic carboxylic acids is 1. The zero-order valence-electron chi connectivity index (χ0n) is 12.3. The van der Waals surface area contributed by atoms with Gasteiger partial charge in [0.1, 0.15) is 11.3 Å². The summed E-state index contributed by atoms with van der Waals surface area (Å²) in [4.78, 5) is 34.5. The van der Waals surface area contributed by atoms with E-state index < -0.39 is 23.5 Å². The molecular formula is C15H13ClNO6-. The minimum atomic E-state index is -1.43. The van der Waals surface area contributed by atoms with Crippen LogP contribution in [0.15, 0.2) is 21.3 Å². The predicted molar refractivity (Wildman–Crippen MR) is 80.2 cm³/mol. The minimum Gasteiger partial charge on any atom is -0.548 e. The fourth-order valence-corrected chi connectivity index (χ4v) is 2.28. The van der Waals surface area contributed by atoms with Crippen LogP contribution in [0.3, 0.4) is 0 Å². The van der Waals surface area contributed by atoms with E-state index >= 15 is 0 Å². The summed E-state index contributed by atoms with van der Waals surface area (Å²) in [5, 5.41) is 22.9. The molecule has 23 heavy (non-hydrogen) atoms. The predicted octanol–water partition coefficient (Wildman–Crippen LogP) is 0.258. The zero-order valence-corrected chi connectivity index (χ0v) is 13.1. The average Bonchev–Trinajstić information content (AvgIpc) is 2.46. The van der Waals surface area contributed by atoms with Crippen molar-refractivity contribution < 1.29 is 24.2 Å². The average molecular weight is 339 g/mol. The molecule has 1 aromatic heterocycles. The third-order valence-electron chi connectivity index (χ3n) is 3.42. The van der Waals surface area contributed by atoms with Crippen molar-refractivity contribution in [1.82, 2.24) is 5.32 Å². The Morgan fingerprint density at radius 3 is 2.70 bits per heavy atom. The zero-order chi connectivity index (χ0) is 17.3. The summed E-state index contributed by atoms with van der Waals surface area (Å²) in [6.07, 6.45) is -0.347. The Bertz CT molecular complexity index is 857. The lowest BCUT2D eigenvalue weighted by molar-refractivity contribution is -0.307. The van der Waals surface area contributed by atoms with Gasteiger partial charge in [-0.2, -0.15) is 0 Å². The Morgan fingerprint density at radius 1 is 1.43 bits per heavy atom. The molecule has 0 fully saturated rings. The van der Waals surface area contributed by atoms with Gasteiger partial charge in [0.25, 0.3) is 0 Å². The second-order valence-corrected chi connectivity index (χ2v) is 5.49. The van der Waals surface area contributed by atoms with Crippen molar-refractivity contribution in [1.29, 1.82) is 0 Å². The van der Waals surface area contributed by atoms with Crippen LogP contribution in [-0.4, -0.2) is 23.0 Å². The van der Waals surface area contributed by atoms with Gasteiger partial charge in [0.05, 0.1) is 29.0 Å². The maximum absolute atomic E-state index is 12.0. The number of rotatable bonds is 4. The maximum Gasteiger partial charge on any atom is 0.340 e. The lowest BCUT2D eigenvalue weighted by atomic mass is 10.0. The van der Waals surface area contributed by atoms with Gasteiger partial charge in [-0.25, -0.2) is 4.79 Å². The third-order valence-corrected chi connectivity index (χ3v) is 3.73. The molecule has 1 atom stereocenters. The van der Waals surface area contributed by atoms with Crippen LogP contribution in [0.25, 0.3) is 11.0 Å². The largest absolute Gasteiger partial charge is 0.548 e. The SMILES string of the molecule is Cc1c(CC(=O)N[C@@H](C)C(=O)[O-])c(=O)oc2cc(O)c(Cl)cc12. The molecule has 1 aromatic carbocycles. The molecule has 0 bridgehead atoms. The lowest BCUT2D eigenvalue weighted by Crippen LogP contribution is -2.46. The van der Waals surface area contributed by atoms with E-state index in [0.717, 1.165) is 0 Å². The van der Waals surface area contributed by atoms with Crippen LogP contribution in [0, 0.1) is 6.92 Å². The first-order valence-electron chi connectivity index (χ1n) is 6.65. The van der Waals surface area contributed by atoms with E-state index in [2.05, 4.69) is 5.32 Å². The van der Waals surface area contributed by atoms with Gasteiger partial charge in [-0.1, -0.05) is 11.6 Å². The number of benzene rings is 1. The quantitative estimate of drug-likeness (QED) is 0.771. The number of phenols is 1. The van der Waals surface area contributed by atoms with Crippen molar-refractivity contribution in [2.75, 3.05) is 0 Å². The molecule has 2 aromatic rings. The van der Waals surface area contributed by atoms with E-state index in [0.29, 0.717) is 10.9 Å². The number of carboxylic acid groups (broad SMARTS) is 1. The van der Waals surface area contributed by atoms with Crippen LogP contribution in [0.2, 0.25) is 5.02 Å².